The molecule has 0 amide bonds. The highest BCUT2D eigenvalue weighted by Crippen LogP contribution is 2.43. The molecule has 0 saturated carbocycles. The fourth-order valence-corrected chi connectivity index (χ4v) is 3.80. The fraction of sp³-hybridized carbons (Fsp3) is 0.389. The minimum atomic E-state index is -0.588. The molecule has 0 bridgehead atoms. The molecule has 1 aliphatic carbocycles. The molecule has 1 atom stereocenters. The lowest BCUT2D eigenvalue weighted by Gasteiger charge is -2.33. The van der Waals surface area contributed by atoms with Gasteiger partial charge in [-0.25, -0.2) is 4.79 Å². The summed E-state index contributed by atoms with van der Waals surface area (Å²) in [6.45, 7) is 4.07. The summed E-state index contributed by atoms with van der Waals surface area (Å²) in [6.07, 6.45) is 1.92. The second-order valence-corrected chi connectivity index (χ2v) is 6.44. The molecule has 0 radical (unpaired) electrons. The minimum absolute atomic E-state index is 0.0205. The van der Waals surface area contributed by atoms with Gasteiger partial charge in [0, 0.05) is 24.2 Å². The maximum atomic E-state index is 12.6. The number of nitrogens with zero attached hydrogens (tertiary/aromatic N) is 1. The third kappa shape index (κ3) is 2.30. The van der Waals surface area contributed by atoms with Crippen molar-refractivity contribution in [2.75, 3.05) is 5.32 Å². The van der Waals surface area contributed by atoms with Gasteiger partial charge in [-0.2, -0.15) is 0 Å². The van der Waals surface area contributed by atoms with Gasteiger partial charge in [0.25, 0.3) is 5.56 Å². The molecular formula is C18H19N3O4. The number of aromatic amines is 1. The number of anilines is 1. The highest BCUT2D eigenvalue weighted by atomic mass is 16.3. The number of aromatic nitrogens is 2. The largest absolute Gasteiger partial charge is 0.465 e. The fourth-order valence-electron chi connectivity index (χ4n) is 3.80. The molecule has 0 fully saturated rings. The molecule has 130 valence electrons. The number of allylic oxidation sites excluding steroid dienone is 2. The van der Waals surface area contributed by atoms with Crippen LogP contribution in [0.4, 0.5) is 5.82 Å². The van der Waals surface area contributed by atoms with Crippen LogP contribution in [-0.4, -0.2) is 15.3 Å². The van der Waals surface area contributed by atoms with Gasteiger partial charge in [0.15, 0.2) is 5.78 Å². The number of carbonyl (C=O) groups is 1. The Morgan fingerprint density at radius 3 is 2.72 bits per heavy atom. The third-order valence-corrected chi connectivity index (χ3v) is 4.90. The molecule has 2 aliphatic rings. The molecular weight excluding hydrogens is 322 g/mol. The van der Waals surface area contributed by atoms with Crippen molar-refractivity contribution in [1.29, 1.82) is 0 Å². The van der Waals surface area contributed by atoms with Crippen LogP contribution in [0.3, 0.4) is 0 Å². The minimum Gasteiger partial charge on any atom is -0.465 e. The van der Waals surface area contributed by atoms with Gasteiger partial charge < -0.3 is 9.73 Å². The molecule has 7 heteroatoms. The van der Waals surface area contributed by atoms with Crippen molar-refractivity contribution in [1.82, 2.24) is 9.55 Å². The zero-order chi connectivity index (χ0) is 17.7. The van der Waals surface area contributed by atoms with Crippen LogP contribution in [0.15, 0.2) is 37.4 Å². The molecule has 0 spiro atoms. The molecule has 2 N–H and O–H groups in total. The number of furan rings is 1. The van der Waals surface area contributed by atoms with Crippen molar-refractivity contribution in [3.05, 3.63) is 61.3 Å². The summed E-state index contributed by atoms with van der Waals surface area (Å²) in [5, 5.41) is 3.20. The average Bonchev–Trinajstić information content (AvgIpc) is 3.00. The number of hydrogen-bond acceptors (Lipinski definition) is 5. The molecule has 0 saturated heterocycles. The lowest BCUT2D eigenvalue weighted by molar-refractivity contribution is -0.116. The smallest absolute Gasteiger partial charge is 0.329 e. The standard InChI is InChI=1S/C18H19N3O4/c1-3-21-16-15(17(23)20-18(21)24)14(12-8-7-9(2)25-12)13-10(19-16)5-4-6-11(13)22/h7-8,14,19H,3-6H2,1-2H3,(H,20,23,24). The number of nitrogens with one attached hydrogen (secondary N) is 2. The zero-order valence-corrected chi connectivity index (χ0v) is 14.1. The van der Waals surface area contributed by atoms with Crippen LogP contribution in [0, 0.1) is 6.92 Å². The van der Waals surface area contributed by atoms with E-state index in [4.69, 9.17) is 4.42 Å². The Balaban J connectivity index is 2.06. The molecule has 2 aromatic heterocycles. The van der Waals surface area contributed by atoms with E-state index in [1.807, 2.05) is 19.9 Å². The maximum absolute atomic E-state index is 12.6. The van der Waals surface area contributed by atoms with Gasteiger partial charge >= 0.3 is 5.69 Å². The predicted octanol–water partition coefficient (Wildman–Crippen LogP) is 2.02. The van der Waals surface area contributed by atoms with E-state index in [-0.39, 0.29) is 5.78 Å². The van der Waals surface area contributed by atoms with Gasteiger partial charge in [-0.1, -0.05) is 0 Å². The highest BCUT2D eigenvalue weighted by molar-refractivity contribution is 6.00. The van der Waals surface area contributed by atoms with Crippen molar-refractivity contribution in [2.24, 2.45) is 0 Å². The number of carbonyl (C=O) groups excluding carboxylic acids is 1. The van der Waals surface area contributed by atoms with Crippen molar-refractivity contribution in [3.8, 4) is 0 Å². The highest BCUT2D eigenvalue weighted by Gasteiger charge is 2.39. The Bertz CT molecular complexity index is 1020. The van der Waals surface area contributed by atoms with Crippen molar-refractivity contribution >= 4 is 11.6 Å². The van der Waals surface area contributed by atoms with Crippen molar-refractivity contribution < 1.29 is 9.21 Å². The number of hydrogen-bond donors (Lipinski definition) is 2. The Kier molecular flexibility index (Phi) is 3.52. The van der Waals surface area contributed by atoms with E-state index in [9.17, 15) is 14.4 Å². The topological polar surface area (TPSA) is 97.1 Å². The van der Waals surface area contributed by atoms with Crippen LogP contribution in [0.2, 0.25) is 0 Å². The van der Waals surface area contributed by atoms with Crippen molar-refractivity contribution in [2.45, 2.75) is 45.6 Å². The van der Waals surface area contributed by atoms with Gasteiger partial charge in [0.1, 0.15) is 17.3 Å². The summed E-state index contributed by atoms with van der Waals surface area (Å²) in [5.41, 5.74) is 0.792. The zero-order valence-electron chi connectivity index (χ0n) is 14.1. The van der Waals surface area contributed by atoms with E-state index < -0.39 is 17.2 Å². The summed E-state index contributed by atoms with van der Waals surface area (Å²) in [7, 11) is 0. The van der Waals surface area contributed by atoms with Crippen LogP contribution < -0.4 is 16.6 Å². The first-order valence-electron chi connectivity index (χ1n) is 8.47. The molecule has 0 aromatic carbocycles. The number of H-pyrrole nitrogens is 1. The van der Waals surface area contributed by atoms with Gasteiger partial charge in [-0.15, -0.1) is 0 Å². The van der Waals surface area contributed by atoms with Gasteiger partial charge in [-0.3, -0.25) is 19.1 Å². The molecule has 3 heterocycles. The quantitative estimate of drug-likeness (QED) is 0.871. The van der Waals surface area contributed by atoms with Crippen LogP contribution in [0.1, 0.15) is 49.2 Å². The summed E-state index contributed by atoms with van der Waals surface area (Å²) >= 11 is 0. The Morgan fingerprint density at radius 1 is 1.24 bits per heavy atom. The number of aryl methyl sites for hydroxylation is 1. The third-order valence-electron chi connectivity index (χ3n) is 4.90. The van der Waals surface area contributed by atoms with E-state index in [1.54, 1.807) is 6.07 Å². The van der Waals surface area contributed by atoms with Crippen LogP contribution in [-0.2, 0) is 11.3 Å². The monoisotopic (exact) mass is 341 g/mol. The van der Waals surface area contributed by atoms with Crippen LogP contribution in [0.5, 0.6) is 0 Å². The summed E-state index contributed by atoms with van der Waals surface area (Å²) in [6, 6.07) is 3.61. The van der Waals surface area contributed by atoms with Gasteiger partial charge in [-0.05, 0) is 38.8 Å². The number of rotatable bonds is 2. The average molecular weight is 341 g/mol. The Labute approximate surface area is 143 Å². The molecule has 25 heavy (non-hydrogen) atoms. The number of ketones is 1. The van der Waals surface area contributed by atoms with E-state index in [1.165, 1.54) is 4.57 Å². The maximum Gasteiger partial charge on any atom is 0.329 e. The second-order valence-electron chi connectivity index (χ2n) is 6.44. The van der Waals surface area contributed by atoms with E-state index >= 15 is 0 Å². The molecule has 2 aromatic rings. The molecule has 1 aliphatic heterocycles. The van der Waals surface area contributed by atoms with Gasteiger partial charge in [0.2, 0.25) is 0 Å². The lowest BCUT2D eigenvalue weighted by atomic mass is 9.79. The lowest BCUT2D eigenvalue weighted by Crippen LogP contribution is -2.39. The molecule has 7 nitrogen and oxygen atoms in total. The normalized spacial score (nSPS) is 19.4. The first kappa shape index (κ1) is 15.7. The van der Waals surface area contributed by atoms with E-state index in [0.717, 1.165) is 12.1 Å². The summed E-state index contributed by atoms with van der Waals surface area (Å²) in [5.74, 6) is 1.15. The van der Waals surface area contributed by atoms with Crippen LogP contribution in [0.25, 0.3) is 0 Å². The van der Waals surface area contributed by atoms with E-state index in [0.29, 0.717) is 47.9 Å². The second kappa shape index (κ2) is 5.61. The molecule has 1 unspecified atom stereocenters. The predicted molar refractivity (Wildman–Crippen MR) is 91.8 cm³/mol. The first-order chi connectivity index (χ1) is 12.0. The summed E-state index contributed by atoms with van der Waals surface area (Å²) < 4.78 is 7.27. The Morgan fingerprint density at radius 2 is 2.04 bits per heavy atom. The SMILES string of the molecule is CCn1c2c(c(=O)[nH]c1=O)C(c1ccc(C)o1)C1=C(CCCC1=O)N2. The van der Waals surface area contributed by atoms with E-state index in [2.05, 4.69) is 10.3 Å². The number of Topliss-reactive ketones (excluding diaryl/α,β-unsaturated/α-hetero) is 1. The first-order valence-corrected chi connectivity index (χ1v) is 8.47. The number of fused-ring (bicyclic) bond motifs is 1. The van der Waals surface area contributed by atoms with Gasteiger partial charge in [0.05, 0.1) is 11.5 Å². The summed E-state index contributed by atoms with van der Waals surface area (Å²) in [4.78, 5) is 39.8. The molecule has 4 rings (SSSR count). The van der Waals surface area contributed by atoms with Crippen LogP contribution >= 0.6 is 0 Å². The Hall–Kier alpha value is -2.83. The van der Waals surface area contributed by atoms with Crippen molar-refractivity contribution in [3.63, 3.8) is 0 Å².